The van der Waals surface area contributed by atoms with Crippen molar-refractivity contribution in [2.75, 3.05) is 5.32 Å². The molecule has 0 atom stereocenters. The maximum atomic E-state index is 13.0. The van der Waals surface area contributed by atoms with Gasteiger partial charge in [-0.15, -0.1) is 0 Å². The SMILES string of the molecule is Cc1ccc2nc(C(F)(F)F)nc(Nc3cccc(C#N)c3)c2c1. The molecule has 0 aliphatic rings. The number of nitrogens with one attached hydrogen (secondary N) is 1. The Hall–Kier alpha value is -3.14. The van der Waals surface area contributed by atoms with Crippen LogP contribution in [0.1, 0.15) is 17.0 Å². The lowest BCUT2D eigenvalue weighted by molar-refractivity contribution is -0.144. The molecule has 0 bridgehead atoms. The topological polar surface area (TPSA) is 61.6 Å². The highest BCUT2D eigenvalue weighted by atomic mass is 19.4. The number of rotatable bonds is 2. The van der Waals surface area contributed by atoms with Crippen molar-refractivity contribution in [1.29, 1.82) is 5.26 Å². The number of hydrogen-bond acceptors (Lipinski definition) is 4. The zero-order valence-electron chi connectivity index (χ0n) is 12.5. The summed E-state index contributed by atoms with van der Waals surface area (Å²) in [5.41, 5.74) is 1.94. The van der Waals surface area contributed by atoms with Crippen LogP contribution in [0.25, 0.3) is 10.9 Å². The molecule has 0 aliphatic heterocycles. The van der Waals surface area contributed by atoms with Gasteiger partial charge in [-0.25, -0.2) is 9.97 Å². The van der Waals surface area contributed by atoms with Crippen molar-refractivity contribution in [2.24, 2.45) is 0 Å². The molecule has 0 unspecified atom stereocenters. The molecule has 3 rings (SSSR count). The number of fused-ring (bicyclic) bond motifs is 1. The van der Waals surface area contributed by atoms with Gasteiger partial charge in [-0.3, -0.25) is 0 Å². The molecule has 120 valence electrons. The van der Waals surface area contributed by atoms with Crippen LogP contribution in [0.4, 0.5) is 24.7 Å². The van der Waals surface area contributed by atoms with Crippen LogP contribution in [-0.4, -0.2) is 9.97 Å². The van der Waals surface area contributed by atoms with Crippen LogP contribution in [0.2, 0.25) is 0 Å². The van der Waals surface area contributed by atoms with E-state index in [4.69, 9.17) is 5.26 Å². The predicted octanol–water partition coefficient (Wildman–Crippen LogP) is 4.57. The van der Waals surface area contributed by atoms with Crippen molar-refractivity contribution < 1.29 is 13.2 Å². The summed E-state index contributed by atoms with van der Waals surface area (Å²) in [6.45, 7) is 1.83. The number of nitrogens with zero attached hydrogens (tertiary/aromatic N) is 3. The Labute approximate surface area is 135 Å². The van der Waals surface area contributed by atoms with Crippen LogP contribution in [0.5, 0.6) is 0 Å². The van der Waals surface area contributed by atoms with Crippen LogP contribution in [0.3, 0.4) is 0 Å². The van der Waals surface area contributed by atoms with Gasteiger partial charge in [0.1, 0.15) is 5.82 Å². The average molecular weight is 328 g/mol. The van der Waals surface area contributed by atoms with Gasteiger partial charge in [0, 0.05) is 11.1 Å². The molecule has 3 aromatic rings. The lowest BCUT2D eigenvalue weighted by Gasteiger charge is -2.13. The second-order valence-electron chi connectivity index (χ2n) is 5.23. The molecule has 1 aromatic heterocycles. The first-order valence-electron chi connectivity index (χ1n) is 6.99. The van der Waals surface area contributed by atoms with Crippen LogP contribution < -0.4 is 5.32 Å². The maximum Gasteiger partial charge on any atom is 0.451 e. The average Bonchev–Trinajstić information content (AvgIpc) is 2.54. The minimum Gasteiger partial charge on any atom is -0.340 e. The number of anilines is 2. The van der Waals surface area contributed by atoms with Crippen LogP contribution in [0, 0.1) is 18.3 Å². The van der Waals surface area contributed by atoms with Gasteiger partial charge in [-0.1, -0.05) is 17.7 Å². The van der Waals surface area contributed by atoms with E-state index in [1.807, 2.05) is 13.0 Å². The molecule has 0 fully saturated rings. The van der Waals surface area contributed by atoms with E-state index in [1.165, 1.54) is 12.1 Å². The monoisotopic (exact) mass is 328 g/mol. The highest BCUT2D eigenvalue weighted by Gasteiger charge is 2.35. The molecule has 2 aromatic carbocycles. The first-order chi connectivity index (χ1) is 11.4. The van der Waals surface area contributed by atoms with Crippen molar-refractivity contribution in [3.63, 3.8) is 0 Å². The van der Waals surface area contributed by atoms with Crippen molar-refractivity contribution in [3.05, 3.63) is 59.4 Å². The Kier molecular flexibility index (Phi) is 3.81. The Morgan fingerprint density at radius 3 is 2.58 bits per heavy atom. The van der Waals surface area contributed by atoms with Crippen molar-refractivity contribution >= 4 is 22.4 Å². The van der Waals surface area contributed by atoms with E-state index in [0.29, 0.717) is 16.6 Å². The predicted molar refractivity (Wildman–Crippen MR) is 83.7 cm³/mol. The van der Waals surface area contributed by atoms with Gasteiger partial charge >= 0.3 is 6.18 Å². The largest absolute Gasteiger partial charge is 0.451 e. The quantitative estimate of drug-likeness (QED) is 0.748. The van der Waals surface area contributed by atoms with E-state index in [1.54, 1.807) is 30.3 Å². The molecule has 0 spiro atoms. The summed E-state index contributed by atoms with van der Waals surface area (Å²) >= 11 is 0. The van der Waals surface area contributed by atoms with Crippen molar-refractivity contribution in [1.82, 2.24) is 9.97 Å². The van der Waals surface area contributed by atoms with Gasteiger partial charge in [0.2, 0.25) is 5.82 Å². The zero-order valence-corrected chi connectivity index (χ0v) is 12.5. The molecule has 0 saturated carbocycles. The molecule has 1 N–H and O–H groups in total. The molecule has 0 radical (unpaired) electrons. The lowest BCUT2D eigenvalue weighted by atomic mass is 10.1. The van der Waals surface area contributed by atoms with Crippen molar-refractivity contribution in [2.45, 2.75) is 13.1 Å². The summed E-state index contributed by atoms with van der Waals surface area (Å²) in [5, 5.41) is 12.3. The Morgan fingerprint density at radius 1 is 1.08 bits per heavy atom. The Balaban J connectivity index is 2.17. The molecule has 0 amide bonds. The fourth-order valence-corrected chi connectivity index (χ4v) is 2.27. The summed E-state index contributed by atoms with van der Waals surface area (Å²) in [6.07, 6.45) is -4.65. The normalized spacial score (nSPS) is 11.3. The number of aryl methyl sites for hydroxylation is 1. The maximum absolute atomic E-state index is 13.0. The molecular weight excluding hydrogens is 317 g/mol. The van der Waals surface area contributed by atoms with E-state index in [2.05, 4.69) is 15.3 Å². The highest BCUT2D eigenvalue weighted by molar-refractivity contribution is 5.91. The number of nitriles is 1. The Morgan fingerprint density at radius 2 is 1.88 bits per heavy atom. The summed E-state index contributed by atoms with van der Waals surface area (Å²) in [5.74, 6) is -1.16. The summed E-state index contributed by atoms with van der Waals surface area (Å²) < 4.78 is 39.1. The van der Waals surface area contributed by atoms with E-state index in [0.717, 1.165) is 5.56 Å². The second kappa shape index (κ2) is 5.81. The first-order valence-corrected chi connectivity index (χ1v) is 6.99. The fraction of sp³-hybridized carbons (Fsp3) is 0.118. The van der Waals surface area contributed by atoms with Crippen LogP contribution >= 0.6 is 0 Å². The number of halogens is 3. The zero-order chi connectivity index (χ0) is 17.3. The molecule has 1 heterocycles. The summed E-state index contributed by atoms with van der Waals surface area (Å²) in [4.78, 5) is 7.23. The molecule has 0 aliphatic carbocycles. The van der Waals surface area contributed by atoms with Gasteiger partial charge in [0.15, 0.2) is 0 Å². The van der Waals surface area contributed by atoms with E-state index in [9.17, 15) is 13.2 Å². The van der Waals surface area contributed by atoms with Gasteiger partial charge in [0.25, 0.3) is 0 Å². The summed E-state index contributed by atoms with van der Waals surface area (Å²) in [6, 6.07) is 13.3. The van der Waals surface area contributed by atoms with Gasteiger partial charge in [-0.05, 0) is 37.3 Å². The molecule has 7 heteroatoms. The van der Waals surface area contributed by atoms with Crippen LogP contribution in [-0.2, 0) is 6.18 Å². The molecule has 4 nitrogen and oxygen atoms in total. The number of aromatic nitrogens is 2. The first kappa shape index (κ1) is 15.7. The standard InChI is InChI=1S/C17H11F3N4/c1-10-5-6-14-13(7-10)15(24-16(23-14)17(18,19)20)22-12-4-2-3-11(8-12)9-21/h2-8H,1H3,(H,22,23,24). The fourth-order valence-electron chi connectivity index (χ4n) is 2.27. The number of benzene rings is 2. The molecule has 24 heavy (non-hydrogen) atoms. The van der Waals surface area contributed by atoms with Gasteiger partial charge in [-0.2, -0.15) is 18.4 Å². The third-order valence-electron chi connectivity index (χ3n) is 3.36. The minimum atomic E-state index is -4.65. The number of alkyl halides is 3. The third kappa shape index (κ3) is 3.13. The van der Waals surface area contributed by atoms with Crippen LogP contribution in [0.15, 0.2) is 42.5 Å². The smallest absolute Gasteiger partial charge is 0.340 e. The highest BCUT2D eigenvalue weighted by Crippen LogP contribution is 2.32. The van der Waals surface area contributed by atoms with E-state index in [-0.39, 0.29) is 11.3 Å². The second-order valence-corrected chi connectivity index (χ2v) is 5.23. The lowest BCUT2D eigenvalue weighted by Crippen LogP contribution is -2.12. The molecule has 0 saturated heterocycles. The molecular formula is C17H11F3N4. The minimum absolute atomic E-state index is 0.0473. The third-order valence-corrected chi connectivity index (χ3v) is 3.36. The van der Waals surface area contributed by atoms with Gasteiger partial charge < -0.3 is 5.32 Å². The Bertz CT molecular complexity index is 958. The van der Waals surface area contributed by atoms with E-state index < -0.39 is 12.0 Å². The number of hydrogen-bond donors (Lipinski definition) is 1. The van der Waals surface area contributed by atoms with Crippen molar-refractivity contribution in [3.8, 4) is 6.07 Å². The van der Waals surface area contributed by atoms with E-state index >= 15 is 0 Å². The van der Waals surface area contributed by atoms with Gasteiger partial charge in [0.05, 0.1) is 17.1 Å². The summed E-state index contributed by atoms with van der Waals surface area (Å²) in [7, 11) is 0.